The fourth-order valence-electron chi connectivity index (χ4n) is 4.98. The predicted molar refractivity (Wildman–Crippen MR) is 144 cm³/mol. The number of aliphatic hydroxyl groups is 1. The van der Waals surface area contributed by atoms with Gasteiger partial charge in [-0.2, -0.15) is 0 Å². The molecule has 0 saturated carbocycles. The molecule has 38 heavy (non-hydrogen) atoms. The zero-order valence-electron chi connectivity index (χ0n) is 21.4. The number of hydrogen-bond donors (Lipinski definition) is 2. The van der Waals surface area contributed by atoms with Crippen LogP contribution in [0, 0.1) is 0 Å². The monoisotopic (exact) mass is 512 g/mol. The van der Waals surface area contributed by atoms with Gasteiger partial charge in [0, 0.05) is 34.8 Å². The lowest BCUT2D eigenvalue weighted by Crippen LogP contribution is -2.31. The molecule has 1 atom stereocenters. The molecule has 1 aliphatic heterocycles. The standard InChI is InChI=1S/C30H28N2O6/c1-36-20-8-6-7-18(15-20)28(33)26-27(22-9-4-5-10-25(22)38-3)32(30(35)29(26)34)14-13-19-17-31-24-12-11-21(37-2)16-23(19)24/h4-12,15-17,27,31,33H,13-14H2,1-3H3/t27-/m0/s1. The molecule has 194 valence electrons. The molecule has 3 aromatic carbocycles. The van der Waals surface area contributed by atoms with E-state index in [9.17, 15) is 14.7 Å². The Morgan fingerprint density at radius 2 is 1.68 bits per heavy atom. The molecule has 2 heterocycles. The average molecular weight is 513 g/mol. The highest BCUT2D eigenvalue weighted by molar-refractivity contribution is 6.46. The summed E-state index contributed by atoms with van der Waals surface area (Å²) in [6, 6.07) is 18.9. The molecule has 0 aliphatic carbocycles. The minimum absolute atomic E-state index is 0.00773. The number of likely N-dealkylation sites (tertiary alicyclic amines) is 1. The van der Waals surface area contributed by atoms with Crippen LogP contribution < -0.4 is 14.2 Å². The van der Waals surface area contributed by atoms with Crippen LogP contribution in [0.3, 0.4) is 0 Å². The summed E-state index contributed by atoms with van der Waals surface area (Å²) in [5.74, 6) is 0.0675. The van der Waals surface area contributed by atoms with Gasteiger partial charge in [0.2, 0.25) is 0 Å². The van der Waals surface area contributed by atoms with Gasteiger partial charge in [0.05, 0.1) is 32.9 Å². The van der Waals surface area contributed by atoms with Gasteiger partial charge in [-0.05, 0) is 48.4 Å². The lowest BCUT2D eigenvalue weighted by Gasteiger charge is -2.26. The second-order valence-electron chi connectivity index (χ2n) is 8.94. The maximum absolute atomic E-state index is 13.4. The van der Waals surface area contributed by atoms with E-state index < -0.39 is 17.7 Å². The Kier molecular flexibility index (Phi) is 6.79. The van der Waals surface area contributed by atoms with Crippen molar-refractivity contribution in [2.75, 3.05) is 27.9 Å². The van der Waals surface area contributed by atoms with Gasteiger partial charge in [-0.3, -0.25) is 9.59 Å². The van der Waals surface area contributed by atoms with E-state index in [0.717, 1.165) is 22.2 Å². The molecule has 5 rings (SSSR count). The summed E-state index contributed by atoms with van der Waals surface area (Å²) in [6.45, 7) is 0.242. The highest BCUT2D eigenvalue weighted by Crippen LogP contribution is 2.43. The topological polar surface area (TPSA) is 101 Å². The first-order valence-electron chi connectivity index (χ1n) is 12.2. The summed E-state index contributed by atoms with van der Waals surface area (Å²) in [6.07, 6.45) is 2.38. The summed E-state index contributed by atoms with van der Waals surface area (Å²) in [7, 11) is 4.67. The lowest BCUT2D eigenvalue weighted by atomic mass is 9.94. The summed E-state index contributed by atoms with van der Waals surface area (Å²) < 4.78 is 16.3. The van der Waals surface area contributed by atoms with Crippen LogP contribution in [0.5, 0.6) is 17.2 Å². The molecule has 2 N–H and O–H groups in total. The van der Waals surface area contributed by atoms with Crippen LogP contribution in [0.25, 0.3) is 16.7 Å². The van der Waals surface area contributed by atoms with Crippen molar-refractivity contribution in [2.24, 2.45) is 0 Å². The normalized spacial score (nSPS) is 16.7. The van der Waals surface area contributed by atoms with Crippen molar-refractivity contribution in [2.45, 2.75) is 12.5 Å². The number of aliphatic hydroxyl groups excluding tert-OH is 1. The molecule has 0 unspecified atom stereocenters. The maximum Gasteiger partial charge on any atom is 0.295 e. The molecular formula is C30H28N2O6. The Morgan fingerprint density at radius 3 is 2.45 bits per heavy atom. The maximum atomic E-state index is 13.4. The minimum Gasteiger partial charge on any atom is -0.507 e. The highest BCUT2D eigenvalue weighted by Gasteiger charge is 2.46. The number of carbonyl (C=O) groups excluding carboxylic acids is 2. The number of benzene rings is 3. The number of fused-ring (bicyclic) bond motifs is 1. The van der Waals surface area contributed by atoms with E-state index in [0.29, 0.717) is 29.0 Å². The molecule has 1 saturated heterocycles. The van der Waals surface area contributed by atoms with Gasteiger partial charge >= 0.3 is 0 Å². The second-order valence-corrected chi connectivity index (χ2v) is 8.94. The molecule has 8 nitrogen and oxygen atoms in total. The Balaban J connectivity index is 1.59. The number of aromatic nitrogens is 1. The van der Waals surface area contributed by atoms with Crippen molar-refractivity contribution in [3.05, 3.63) is 95.2 Å². The van der Waals surface area contributed by atoms with E-state index >= 15 is 0 Å². The fraction of sp³-hybridized carbons (Fsp3) is 0.200. The third-order valence-corrected chi connectivity index (χ3v) is 6.91. The van der Waals surface area contributed by atoms with Gasteiger partial charge in [0.1, 0.15) is 23.0 Å². The zero-order chi connectivity index (χ0) is 26.8. The number of ether oxygens (including phenoxy) is 3. The van der Waals surface area contributed by atoms with Gasteiger partial charge in [-0.15, -0.1) is 0 Å². The van der Waals surface area contributed by atoms with E-state index in [1.54, 1.807) is 43.5 Å². The number of carbonyl (C=O) groups is 2. The summed E-state index contributed by atoms with van der Waals surface area (Å²) in [5.41, 5.74) is 2.92. The number of aromatic amines is 1. The Labute approximate surface area is 220 Å². The van der Waals surface area contributed by atoms with Gasteiger partial charge in [0.25, 0.3) is 11.7 Å². The van der Waals surface area contributed by atoms with E-state index in [1.807, 2.05) is 36.5 Å². The van der Waals surface area contributed by atoms with Crippen molar-refractivity contribution in [1.29, 1.82) is 0 Å². The number of nitrogens with zero attached hydrogens (tertiary/aromatic N) is 1. The quantitative estimate of drug-likeness (QED) is 0.199. The number of amides is 1. The van der Waals surface area contributed by atoms with Gasteiger partial charge in [0.15, 0.2) is 0 Å². The van der Waals surface area contributed by atoms with Crippen LogP contribution in [-0.4, -0.2) is 54.6 Å². The molecule has 0 spiro atoms. The van der Waals surface area contributed by atoms with Crippen LogP contribution in [0.15, 0.2) is 78.5 Å². The van der Waals surface area contributed by atoms with Gasteiger partial charge < -0.3 is 29.2 Å². The molecule has 1 amide bonds. The SMILES string of the molecule is COc1cccc(C(O)=C2C(=O)C(=O)N(CCc3c[nH]c4ccc(OC)cc34)[C@H]2c2ccccc2OC)c1. The first-order chi connectivity index (χ1) is 18.5. The Bertz CT molecular complexity index is 1550. The van der Waals surface area contributed by atoms with Gasteiger partial charge in [-0.25, -0.2) is 0 Å². The number of Topliss-reactive ketones (excluding diaryl/α,β-unsaturated/α-hetero) is 1. The van der Waals surface area contributed by atoms with Crippen molar-refractivity contribution >= 4 is 28.4 Å². The molecule has 1 fully saturated rings. The van der Waals surface area contributed by atoms with Crippen LogP contribution in [0.1, 0.15) is 22.7 Å². The number of methoxy groups -OCH3 is 3. The largest absolute Gasteiger partial charge is 0.507 e. The molecule has 4 aromatic rings. The van der Waals surface area contributed by atoms with Crippen LogP contribution in [0.4, 0.5) is 0 Å². The fourth-order valence-corrected chi connectivity index (χ4v) is 4.98. The highest BCUT2D eigenvalue weighted by atomic mass is 16.5. The molecular weight excluding hydrogens is 484 g/mol. The van der Waals surface area contributed by atoms with E-state index in [2.05, 4.69) is 4.98 Å². The first-order valence-corrected chi connectivity index (χ1v) is 12.2. The van der Waals surface area contributed by atoms with E-state index in [1.165, 1.54) is 19.1 Å². The number of H-pyrrole nitrogens is 1. The molecule has 1 aliphatic rings. The number of ketones is 1. The summed E-state index contributed by atoms with van der Waals surface area (Å²) in [4.78, 5) is 31.6. The number of para-hydroxylation sites is 1. The van der Waals surface area contributed by atoms with Crippen molar-refractivity contribution < 1.29 is 28.9 Å². The Hall–Kier alpha value is -4.72. The molecule has 1 aromatic heterocycles. The lowest BCUT2D eigenvalue weighted by molar-refractivity contribution is -0.139. The van der Waals surface area contributed by atoms with E-state index in [4.69, 9.17) is 14.2 Å². The van der Waals surface area contributed by atoms with E-state index in [-0.39, 0.29) is 17.9 Å². The summed E-state index contributed by atoms with van der Waals surface area (Å²) in [5, 5.41) is 12.3. The van der Waals surface area contributed by atoms with Crippen LogP contribution in [0.2, 0.25) is 0 Å². The van der Waals surface area contributed by atoms with Gasteiger partial charge in [-0.1, -0.05) is 30.3 Å². The Morgan fingerprint density at radius 1 is 0.921 bits per heavy atom. The van der Waals surface area contributed by atoms with Crippen molar-refractivity contribution in [3.63, 3.8) is 0 Å². The molecule has 0 bridgehead atoms. The average Bonchev–Trinajstić information content (AvgIpc) is 3.48. The van der Waals surface area contributed by atoms with Crippen molar-refractivity contribution in [1.82, 2.24) is 9.88 Å². The van der Waals surface area contributed by atoms with Crippen LogP contribution >= 0.6 is 0 Å². The van der Waals surface area contributed by atoms with Crippen LogP contribution in [-0.2, 0) is 16.0 Å². The van der Waals surface area contributed by atoms with Crippen molar-refractivity contribution in [3.8, 4) is 17.2 Å². The number of rotatable bonds is 8. The minimum atomic E-state index is -0.836. The third kappa shape index (κ3) is 4.34. The zero-order valence-corrected chi connectivity index (χ0v) is 21.4. The smallest absolute Gasteiger partial charge is 0.295 e. The first kappa shape index (κ1) is 25.0. The molecule has 8 heteroatoms. The second kappa shape index (κ2) is 10.3. The predicted octanol–water partition coefficient (Wildman–Crippen LogP) is 4.86. The molecule has 0 radical (unpaired) electrons. The number of hydrogen-bond acceptors (Lipinski definition) is 6. The number of nitrogens with one attached hydrogen (secondary N) is 1. The third-order valence-electron chi connectivity index (χ3n) is 6.91. The summed E-state index contributed by atoms with van der Waals surface area (Å²) >= 11 is 0.